The molecule has 0 radical (unpaired) electrons. The van der Waals surface area contributed by atoms with Crippen LogP contribution in [0.1, 0.15) is 168 Å². The first-order valence-electron chi connectivity index (χ1n) is 14.0. The third kappa shape index (κ3) is 25.5. The van der Waals surface area contributed by atoms with Crippen LogP contribution < -0.4 is 0 Å². The molecule has 0 bridgehead atoms. The van der Waals surface area contributed by atoms with Gasteiger partial charge in [0.25, 0.3) is 0 Å². The van der Waals surface area contributed by atoms with Crippen molar-refractivity contribution in [1.29, 1.82) is 0 Å². The van der Waals surface area contributed by atoms with Crippen molar-refractivity contribution in [2.45, 2.75) is 168 Å². The van der Waals surface area contributed by atoms with Crippen molar-refractivity contribution in [3.63, 3.8) is 0 Å². The van der Waals surface area contributed by atoms with Gasteiger partial charge in [0.1, 0.15) is 0 Å². The number of carbonyl (C=O) groups is 1. The van der Waals surface area contributed by atoms with Gasteiger partial charge in [-0.2, -0.15) is 0 Å². The molecule has 2 heteroatoms. The molecule has 0 aliphatic rings. The van der Waals surface area contributed by atoms with Crippen LogP contribution in [0.25, 0.3) is 0 Å². The van der Waals surface area contributed by atoms with Crippen molar-refractivity contribution in [3.8, 4) is 0 Å². The molecule has 0 aromatic carbocycles. The van der Waals surface area contributed by atoms with E-state index in [1.165, 1.54) is 135 Å². The fraction of sp³-hybridized carbons (Fsp3) is 0.964. The molecule has 0 rings (SSSR count). The van der Waals surface area contributed by atoms with Crippen molar-refractivity contribution in [2.75, 3.05) is 6.61 Å². The molecule has 30 heavy (non-hydrogen) atoms. The second-order valence-corrected chi connectivity index (χ2v) is 9.40. The van der Waals surface area contributed by atoms with E-state index in [2.05, 4.69) is 13.8 Å². The first kappa shape index (κ1) is 29.5. The number of esters is 1. The zero-order valence-electron chi connectivity index (χ0n) is 21.0. The van der Waals surface area contributed by atoms with Gasteiger partial charge in [0, 0.05) is 6.42 Å². The van der Waals surface area contributed by atoms with Crippen molar-refractivity contribution in [3.05, 3.63) is 0 Å². The van der Waals surface area contributed by atoms with Gasteiger partial charge in [0.05, 0.1) is 6.61 Å². The highest BCUT2D eigenvalue weighted by molar-refractivity contribution is 5.69. The molecule has 0 aliphatic carbocycles. The lowest BCUT2D eigenvalue weighted by molar-refractivity contribution is -0.143. The molecule has 0 atom stereocenters. The molecule has 0 spiro atoms. The predicted octanol–water partition coefficient (Wildman–Crippen LogP) is 9.93. The summed E-state index contributed by atoms with van der Waals surface area (Å²) in [6.07, 6.45) is 31.3. The first-order valence-corrected chi connectivity index (χ1v) is 14.0. The van der Waals surface area contributed by atoms with Crippen LogP contribution in [0.15, 0.2) is 0 Å². The van der Waals surface area contributed by atoms with Crippen LogP contribution in [0.3, 0.4) is 0 Å². The molecule has 0 N–H and O–H groups in total. The Hall–Kier alpha value is -0.530. The molecule has 180 valence electrons. The molecular formula is C28H56O2. The highest BCUT2D eigenvalue weighted by Crippen LogP contribution is 2.14. The summed E-state index contributed by atoms with van der Waals surface area (Å²) in [6.45, 7) is 5.17. The number of ether oxygens (including phenoxy) is 1. The highest BCUT2D eigenvalue weighted by Gasteiger charge is 2.02. The van der Waals surface area contributed by atoms with Crippen molar-refractivity contribution in [1.82, 2.24) is 0 Å². The SMILES string of the molecule is CCCCCCCCCCCCCCCCCC(=O)OCCCCCCCCCC. The van der Waals surface area contributed by atoms with E-state index >= 15 is 0 Å². The Bertz CT molecular complexity index is 327. The molecular weight excluding hydrogens is 368 g/mol. The van der Waals surface area contributed by atoms with Crippen LogP contribution in [0.5, 0.6) is 0 Å². The van der Waals surface area contributed by atoms with E-state index in [1.807, 2.05) is 0 Å². The van der Waals surface area contributed by atoms with Gasteiger partial charge in [-0.3, -0.25) is 4.79 Å². The summed E-state index contributed by atoms with van der Waals surface area (Å²) in [5.74, 6) is 0.0210. The van der Waals surface area contributed by atoms with E-state index in [0.717, 1.165) is 12.8 Å². The number of carbonyl (C=O) groups excluding carboxylic acids is 1. The van der Waals surface area contributed by atoms with Crippen LogP contribution in [0, 0.1) is 0 Å². The predicted molar refractivity (Wildman–Crippen MR) is 133 cm³/mol. The Morgan fingerprint density at radius 3 is 1.10 bits per heavy atom. The molecule has 2 nitrogen and oxygen atoms in total. The van der Waals surface area contributed by atoms with E-state index in [4.69, 9.17) is 4.74 Å². The average Bonchev–Trinajstić information content (AvgIpc) is 2.75. The molecule has 0 saturated carbocycles. The zero-order valence-corrected chi connectivity index (χ0v) is 21.0. The quantitative estimate of drug-likeness (QED) is 0.108. The minimum atomic E-state index is 0.0210. The van der Waals surface area contributed by atoms with Gasteiger partial charge in [0.2, 0.25) is 0 Å². The topological polar surface area (TPSA) is 26.3 Å². The van der Waals surface area contributed by atoms with E-state index in [0.29, 0.717) is 13.0 Å². The Labute approximate surface area is 190 Å². The summed E-state index contributed by atoms with van der Waals surface area (Å²) < 4.78 is 5.37. The lowest BCUT2D eigenvalue weighted by Gasteiger charge is -2.05. The van der Waals surface area contributed by atoms with Gasteiger partial charge >= 0.3 is 5.97 Å². The summed E-state index contributed by atoms with van der Waals surface area (Å²) in [5, 5.41) is 0. The Morgan fingerprint density at radius 1 is 0.433 bits per heavy atom. The van der Waals surface area contributed by atoms with Gasteiger partial charge in [-0.25, -0.2) is 0 Å². The summed E-state index contributed by atoms with van der Waals surface area (Å²) in [4.78, 5) is 11.8. The molecule has 0 aromatic rings. The van der Waals surface area contributed by atoms with Crippen molar-refractivity contribution in [2.24, 2.45) is 0 Å². The molecule has 0 aromatic heterocycles. The molecule has 0 heterocycles. The third-order valence-electron chi connectivity index (χ3n) is 6.25. The maximum absolute atomic E-state index is 11.8. The van der Waals surface area contributed by atoms with Crippen LogP contribution >= 0.6 is 0 Å². The highest BCUT2D eigenvalue weighted by atomic mass is 16.5. The fourth-order valence-corrected chi connectivity index (χ4v) is 4.13. The molecule has 0 unspecified atom stereocenters. The minimum absolute atomic E-state index is 0.0210. The van der Waals surface area contributed by atoms with Gasteiger partial charge < -0.3 is 4.74 Å². The normalized spacial score (nSPS) is 11.1. The largest absolute Gasteiger partial charge is 0.466 e. The summed E-state index contributed by atoms with van der Waals surface area (Å²) in [7, 11) is 0. The molecule has 0 amide bonds. The van der Waals surface area contributed by atoms with Gasteiger partial charge in [-0.1, -0.05) is 149 Å². The zero-order chi connectivity index (χ0) is 22.0. The van der Waals surface area contributed by atoms with E-state index in [-0.39, 0.29) is 5.97 Å². The second-order valence-electron chi connectivity index (χ2n) is 9.40. The summed E-state index contributed by atoms with van der Waals surface area (Å²) in [5.41, 5.74) is 0. The molecule has 0 fully saturated rings. The fourth-order valence-electron chi connectivity index (χ4n) is 4.13. The van der Waals surface area contributed by atoms with Crippen molar-refractivity contribution < 1.29 is 9.53 Å². The summed E-state index contributed by atoms with van der Waals surface area (Å²) in [6, 6.07) is 0. The molecule has 0 saturated heterocycles. The Kier molecular flexibility index (Phi) is 26.0. The van der Waals surface area contributed by atoms with Crippen molar-refractivity contribution >= 4 is 5.97 Å². The van der Waals surface area contributed by atoms with E-state index in [1.54, 1.807) is 0 Å². The second kappa shape index (κ2) is 26.5. The van der Waals surface area contributed by atoms with E-state index < -0.39 is 0 Å². The number of hydrogen-bond donors (Lipinski definition) is 0. The maximum Gasteiger partial charge on any atom is 0.305 e. The first-order chi connectivity index (χ1) is 14.8. The lowest BCUT2D eigenvalue weighted by Crippen LogP contribution is -2.05. The standard InChI is InChI=1S/C28H56O2/c1-3-5-7-9-11-13-14-15-16-17-18-19-20-22-24-26-28(29)30-27-25-23-21-12-10-8-6-4-2/h3-27H2,1-2H3. The van der Waals surface area contributed by atoms with Crippen LogP contribution in [-0.4, -0.2) is 12.6 Å². The number of hydrogen-bond acceptors (Lipinski definition) is 2. The van der Waals surface area contributed by atoms with Crippen LogP contribution in [-0.2, 0) is 9.53 Å². The number of unbranched alkanes of at least 4 members (excludes halogenated alkanes) is 21. The average molecular weight is 425 g/mol. The minimum Gasteiger partial charge on any atom is -0.466 e. The monoisotopic (exact) mass is 424 g/mol. The Morgan fingerprint density at radius 2 is 0.733 bits per heavy atom. The van der Waals surface area contributed by atoms with Crippen LogP contribution in [0.2, 0.25) is 0 Å². The van der Waals surface area contributed by atoms with E-state index in [9.17, 15) is 4.79 Å². The van der Waals surface area contributed by atoms with Gasteiger partial charge in [-0.15, -0.1) is 0 Å². The number of rotatable bonds is 25. The third-order valence-corrected chi connectivity index (χ3v) is 6.25. The van der Waals surface area contributed by atoms with Gasteiger partial charge in [-0.05, 0) is 12.8 Å². The smallest absolute Gasteiger partial charge is 0.305 e. The Balaban J connectivity index is 3.12. The maximum atomic E-state index is 11.8. The summed E-state index contributed by atoms with van der Waals surface area (Å²) >= 11 is 0. The van der Waals surface area contributed by atoms with Crippen LogP contribution in [0.4, 0.5) is 0 Å². The lowest BCUT2D eigenvalue weighted by atomic mass is 10.0. The van der Waals surface area contributed by atoms with Gasteiger partial charge in [0.15, 0.2) is 0 Å². The molecule has 0 aliphatic heterocycles.